The molecule has 0 amide bonds. The number of imidazole rings is 1. The van der Waals surface area contributed by atoms with Gasteiger partial charge in [0.2, 0.25) is 0 Å². The van der Waals surface area contributed by atoms with Crippen LogP contribution in [-0.4, -0.2) is 19.6 Å². The van der Waals surface area contributed by atoms with Crippen LogP contribution in [-0.2, 0) is 16.2 Å². The largest absolute Gasteiger partial charge is 0.507 e. The Bertz CT molecular complexity index is 3760. The van der Waals surface area contributed by atoms with E-state index in [4.69, 9.17) is 9.97 Å². The summed E-state index contributed by atoms with van der Waals surface area (Å²) in [6.45, 7) is 19.1. The van der Waals surface area contributed by atoms with Gasteiger partial charge in [-0.05, 0) is 156 Å². The molecule has 358 valence electrons. The predicted octanol–water partition coefficient (Wildman–Crippen LogP) is 18.3. The first-order valence-corrected chi connectivity index (χ1v) is 25.0. The first-order chi connectivity index (χ1) is 35.5. The van der Waals surface area contributed by atoms with Crippen LogP contribution in [0.4, 0.5) is 0 Å². The molecule has 2 aromatic heterocycles. The van der Waals surface area contributed by atoms with Crippen LogP contribution in [0, 0.1) is 13.8 Å². The minimum absolute atomic E-state index is 0.0949. The van der Waals surface area contributed by atoms with Crippen molar-refractivity contribution in [2.45, 2.75) is 92.3 Å². The zero-order valence-electron chi connectivity index (χ0n) is 46.2. The molecule has 0 atom stereocenters. The highest BCUT2D eigenvalue weighted by Gasteiger charge is 2.27. The Morgan fingerprint density at radius 1 is 0.458 bits per heavy atom. The summed E-state index contributed by atoms with van der Waals surface area (Å²) >= 11 is 0. The average molecular weight is 943 g/mol. The van der Waals surface area contributed by atoms with Crippen molar-refractivity contribution < 1.29 is 9.22 Å². The molecule has 0 unspecified atom stereocenters. The fourth-order valence-corrected chi connectivity index (χ4v) is 9.99. The molecule has 0 bridgehead atoms. The number of fused-ring (bicyclic) bond motifs is 1. The molecule has 4 heteroatoms. The molecule has 0 fully saturated rings. The first-order valence-electron chi connectivity index (χ1n) is 26.5. The van der Waals surface area contributed by atoms with Gasteiger partial charge in [-0.3, -0.25) is 9.55 Å². The molecule has 72 heavy (non-hydrogen) atoms. The van der Waals surface area contributed by atoms with Gasteiger partial charge in [-0.25, -0.2) is 4.98 Å². The number of pyridine rings is 1. The van der Waals surface area contributed by atoms with Crippen LogP contribution >= 0.6 is 0 Å². The number of phenols is 1. The second-order valence-electron chi connectivity index (χ2n) is 22.4. The molecule has 0 aliphatic carbocycles. The Hall–Kier alpha value is -7.82. The molecule has 10 rings (SSSR count). The van der Waals surface area contributed by atoms with E-state index >= 15 is 0 Å². The van der Waals surface area contributed by atoms with E-state index in [9.17, 15) is 9.22 Å². The van der Waals surface area contributed by atoms with Crippen LogP contribution in [0.25, 0.3) is 95.0 Å². The van der Waals surface area contributed by atoms with Gasteiger partial charge in [0.25, 0.3) is 0 Å². The minimum Gasteiger partial charge on any atom is -0.507 e. The molecule has 0 aliphatic rings. The van der Waals surface area contributed by atoms with Gasteiger partial charge in [0.1, 0.15) is 11.6 Å². The van der Waals surface area contributed by atoms with Gasteiger partial charge in [0.15, 0.2) is 0 Å². The molecule has 8 aromatic carbocycles. The molecular weight excluding hydrogens is 875 g/mol. The molecule has 0 spiro atoms. The van der Waals surface area contributed by atoms with Crippen molar-refractivity contribution >= 4 is 11.0 Å². The Kier molecular flexibility index (Phi) is 11.3. The molecule has 0 radical (unpaired) electrons. The summed E-state index contributed by atoms with van der Waals surface area (Å²) in [6.07, 6.45) is 1.88. The number of hydrogen-bond donors (Lipinski definition) is 1. The maximum Gasteiger partial charge on any atom is 0.149 e. The highest BCUT2D eigenvalue weighted by Crippen LogP contribution is 2.45. The normalized spacial score (nSPS) is 12.9. The lowest BCUT2D eigenvalue weighted by Gasteiger charge is -2.26. The van der Waals surface area contributed by atoms with Crippen LogP contribution in [0.1, 0.15) is 94.2 Å². The summed E-state index contributed by atoms with van der Waals surface area (Å²) in [5, 5.41) is 12.2. The Labute approximate surface area is 431 Å². The van der Waals surface area contributed by atoms with Crippen molar-refractivity contribution in [3.8, 4) is 89.7 Å². The fourth-order valence-electron chi connectivity index (χ4n) is 9.99. The summed E-state index contributed by atoms with van der Waals surface area (Å²) in [5.74, 6) is 0.541. The van der Waals surface area contributed by atoms with Crippen LogP contribution in [0.5, 0.6) is 5.75 Å². The molecule has 2 heterocycles. The molecular formula is C68H65N3O. The summed E-state index contributed by atoms with van der Waals surface area (Å²) in [4.78, 5) is 10.5. The Morgan fingerprint density at radius 3 is 1.72 bits per heavy atom. The van der Waals surface area contributed by atoms with E-state index in [-0.39, 0.29) is 27.6 Å². The van der Waals surface area contributed by atoms with E-state index in [1.807, 2.05) is 78.4 Å². The number of nitrogens with zero attached hydrogens (tertiary/aromatic N) is 3. The summed E-state index contributed by atoms with van der Waals surface area (Å²) < 4.78 is 29.8. The van der Waals surface area contributed by atoms with E-state index in [0.29, 0.717) is 33.7 Å². The van der Waals surface area contributed by atoms with Gasteiger partial charge in [-0.2, -0.15) is 0 Å². The predicted molar refractivity (Wildman–Crippen MR) is 304 cm³/mol. The number of aromatic hydroxyl groups is 1. The number of benzene rings is 8. The number of phenolic OH excluding ortho intramolecular Hbond substituents is 1. The second kappa shape index (κ2) is 18.4. The summed E-state index contributed by atoms with van der Waals surface area (Å²) in [5.41, 5.74) is 17.8. The SMILES string of the molecule is [2H]C([2H])([2H])c1cc(-c2c(-c3ccccc3)cccc2C(C)(C)C)ccc1-n1c(-c2cc(C(C)(C)C)cc(C)c2O)nc2c(-c3cc(-c4cc(-c5ccc(-c6ccccc6)cc5)ccn4)cc(C(C)(C)C)c3)cccc21. The van der Waals surface area contributed by atoms with Crippen LogP contribution in [0.15, 0.2) is 188 Å². The quantitative estimate of drug-likeness (QED) is 0.165. The van der Waals surface area contributed by atoms with Crippen LogP contribution in [0.2, 0.25) is 0 Å². The Morgan fingerprint density at radius 2 is 1.06 bits per heavy atom. The monoisotopic (exact) mass is 943 g/mol. The third-order valence-electron chi connectivity index (χ3n) is 14.1. The van der Waals surface area contributed by atoms with Crippen molar-refractivity contribution in [3.63, 3.8) is 0 Å². The van der Waals surface area contributed by atoms with Crippen molar-refractivity contribution in [3.05, 3.63) is 216 Å². The Balaban J connectivity index is 1.20. The average Bonchev–Trinajstić information content (AvgIpc) is 3.78. The standard InChI is InChI=1S/C68H65N3O/c1-43-36-50(62-55(48-22-16-13-17-23-48)24-18-26-58(62)68(9,10)11)32-33-60(43)71-61-27-19-25-56(63(61)70-65(71)57-42-53(66(3,4)5)37-44(2)64(57)72)51-38-52(40-54(39-51)67(6,7)8)59-41-49(34-35-69-59)47-30-28-46(29-31-47)45-20-14-12-15-21-45/h12-42,72H,1-11H3/i1D3. The molecule has 0 saturated heterocycles. The zero-order valence-corrected chi connectivity index (χ0v) is 43.2. The zero-order chi connectivity index (χ0) is 53.2. The maximum absolute atomic E-state index is 12.2. The van der Waals surface area contributed by atoms with E-state index in [0.717, 1.165) is 78.0 Å². The van der Waals surface area contributed by atoms with E-state index in [1.54, 1.807) is 0 Å². The van der Waals surface area contributed by atoms with Crippen molar-refractivity contribution in [2.24, 2.45) is 0 Å². The smallest absolute Gasteiger partial charge is 0.149 e. The van der Waals surface area contributed by atoms with Crippen molar-refractivity contribution in [2.75, 3.05) is 0 Å². The molecule has 0 saturated carbocycles. The van der Waals surface area contributed by atoms with Gasteiger partial charge in [-0.15, -0.1) is 0 Å². The lowest BCUT2D eigenvalue weighted by atomic mass is 9.78. The fraction of sp³-hybridized carbons (Fsp3) is 0.206. The highest BCUT2D eigenvalue weighted by atomic mass is 16.3. The highest BCUT2D eigenvalue weighted by molar-refractivity contribution is 5.97. The van der Waals surface area contributed by atoms with Gasteiger partial charge in [0.05, 0.1) is 28.0 Å². The third kappa shape index (κ3) is 9.19. The summed E-state index contributed by atoms with van der Waals surface area (Å²) in [6, 6.07) is 62.6. The minimum atomic E-state index is -2.55. The summed E-state index contributed by atoms with van der Waals surface area (Å²) in [7, 11) is 0. The number of hydrogen-bond acceptors (Lipinski definition) is 3. The number of rotatable bonds is 8. The number of para-hydroxylation sites is 1. The van der Waals surface area contributed by atoms with Crippen molar-refractivity contribution in [1.82, 2.24) is 14.5 Å². The van der Waals surface area contributed by atoms with Gasteiger partial charge in [-0.1, -0.05) is 196 Å². The van der Waals surface area contributed by atoms with Gasteiger partial charge >= 0.3 is 0 Å². The molecule has 4 nitrogen and oxygen atoms in total. The lowest BCUT2D eigenvalue weighted by molar-refractivity contribution is 0.471. The van der Waals surface area contributed by atoms with E-state index < -0.39 is 6.85 Å². The third-order valence-corrected chi connectivity index (χ3v) is 14.1. The molecule has 1 N–H and O–H groups in total. The van der Waals surface area contributed by atoms with Crippen LogP contribution < -0.4 is 0 Å². The van der Waals surface area contributed by atoms with Crippen LogP contribution in [0.3, 0.4) is 0 Å². The lowest BCUT2D eigenvalue weighted by Crippen LogP contribution is -2.13. The van der Waals surface area contributed by atoms with Gasteiger partial charge in [0, 0.05) is 21.4 Å². The topological polar surface area (TPSA) is 50.9 Å². The van der Waals surface area contributed by atoms with Gasteiger partial charge < -0.3 is 5.11 Å². The maximum atomic E-state index is 12.2. The first kappa shape index (κ1) is 44.1. The number of aromatic nitrogens is 3. The van der Waals surface area contributed by atoms with E-state index in [1.165, 1.54) is 5.56 Å². The number of aryl methyl sites for hydroxylation is 2. The molecule has 0 aliphatic heterocycles. The second-order valence-corrected chi connectivity index (χ2v) is 22.4. The molecule has 10 aromatic rings. The van der Waals surface area contributed by atoms with Crippen molar-refractivity contribution in [1.29, 1.82) is 0 Å². The van der Waals surface area contributed by atoms with E-state index in [2.05, 4.69) is 184 Å².